The van der Waals surface area contributed by atoms with E-state index in [1.54, 1.807) is 0 Å². The van der Waals surface area contributed by atoms with Gasteiger partial charge in [-0.1, -0.05) is 12.1 Å². The van der Waals surface area contributed by atoms with E-state index in [-0.39, 0.29) is 6.10 Å². The van der Waals surface area contributed by atoms with E-state index in [9.17, 15) is 0 Å². The predicted molar refractivity (Wildman–Crippen MR) is 68.7 cm³/mol. The molecule has 0 aliphatic carbocycles. The van der Waals surface area contributed by atoms with Crippen LogP contribution in [0.25, 0.3) is 0 Å². The highest BCUT2D eigenvalue weighted by atomic mass is 79.9. The first kappa shape index (κ1) is 11.6. The summed E-state index contributed by atoms with van der Waals surface area (Å²) in [6.07, 6.45) is 2.17. The maximum Gasteiger partial charge on any atom is 0.217 e. The number of rotatable bonds is 4. The van der Waals surface area contributed by atoms with Crippen molar-refractivity contribution in [3.63, 3.8) is 0 Å². The minimum absolute atomic E-state index is 0.200. The molecule has 1 heterocycles. The Morgan fingerprint density at radius 3 is 3.00 bits per heavy atom. The van der Waals surface area contributed by atoms with E-state index in [0.29, 0.717) is 6.54 Å². The lowest BCUT2D eigenvalue weighted by Crippen LogP contribution is -2.15. The zero-order valence-electron chi connectivity index (χ0n) is 9.03. The number of halogens is 1. The smallest absolute Gasteiger partial charge is 0.217 e. The van der Waals surface area contributed by atoms with E-state index in [1.807, 2.05) is 24.3 Å². The van der Waals surface area contributed by atoms with Crippen LogP contribution in [0.5, 0.6) is 0 Å². The zero-order chi connectivity index (χ0) is 11.4. The van der Waals surface area contributed by atoms with E-state index in [1.165, 1.54) is 0 Å². The average Bonchev–Trinajstić information content (AvgIpc) is 2.75. The van der Waals surface area contributed by atoms with Crippen LogP contribution in [-0.4, -0.2) is 25.1 Å². The van der Waals surface area contributed by atoms with Crippen molar-refractivity contribution in [3.05, 3.63) is 34.3 Å². The Morgan fingerprint density at radius 1 is 1.44 bits per heavy atom. The zero-order valence-corrected chi connectivity index (χ0v) is 10.6. The molecule has 1 unspecified atom stereocenters. The molecule has 3 nitrogen and oxygen atoms in total. The van der Waals surface area contributed by atoms with E-state index < -0.39 is 0 Å². The first-order valence-electron chi connectivity index (χ1n) is 5.47. The number of aliphatic imine (C=N–C) groups is 1. The third-order valence-corrected chi connectivity index (χ3v) is 3.24. The lowest BCUT2D eigenvalue weighted by molar-refractivity contribution is 0.211. The van der Waals surface area contributed by atoms with Crippen molar-refractivity contribution in [2.24, 2.45) is 10.7 Å². The van der Waals surface area contributed by atoms with E-state index in [0.717, 1.165) is 35.3 Å². The second-order valence-corrected chi connectivity index (χ2v) is 4.65. The minimum Gasteiger partial charge on any atom is -0.472 e. The van der Waals surface area contributed by atoms with Gasteiger partial charge in [0.2, 0.25) is 5.90 Å². The molecule has 16 heavy (non-hydrogen) atoms. The highest BCUT2D eigenvalue weighted by Crippen LogP contribution is 2.22. The van der Waals surface area contributed by atoms with Gasteiger partial charge in [0.15, 0.2) is 0 Å². The van der Waals surface area contributed by atoms with Gasteiger partial charge in [0.05, 0.1) is 12.1 Å². The second-order valence-electron chi connectivity index (χ2n) is 3.80. The van der Waals surface area contributed by atoms with Crippen molar-refractivity contribution in [3.8, 4) is 0 Å². The maximum atomic E-state index is 5.79. The van der Waals surface area contributed by atoms with E-state index in [2.05, 4.69) is 20.9 Å². The molecule has 0 spiro atoms. The molecule has 1 atom stereocenters. The maximum absolute atomic E-state index is 5.79. The molecular formula is C12H15BrN2O. The van der Waals surface area contributed by atoms with Crippen molar-refractivity contribution in [2.75, 3.05) is 13.1 Å². The van der Waals surface area contributed by atoms with Crippen LogP contribution < -0.4 is 5.73 Å². The van der Waals surface area contributed by atoms with Crippen LogP contribution in [-0.2, 0) is 4.74 Å². The summed E-state index contributed by atoms with van der Waals surface area (Å²) in [6, 6.07) is 7.97. The molecule has 2 rings (SSSR count). The minimum atomic E-state index is 0.200. The molecule has 0 radical (unpaired) electrons. The third-order valence-electron chi connectivity index (χ3n) is 2.55. The van der Waals surface area contributed by atoms with Crippen LogP contribution in [0.2, 0.25) is 0 Å². The molecule has 0 bridgehead atoms. The van der Waals surface area contributed by atoms with Gasteiger partial charge >= 0.3 is 0 Å². The summed E-state index contributed by atoms with van der Waals surface area (Å²) < 4.78 is 6.82. The highest BCUT2D eigenvalue weighted by Gasteiger charge is 2.21. The van der Waals surface area contributed by atoms with Crippen LogP contribution in [0.3, 0.4) is 0 Å². The molecule has 0 fully saturated rings. The Bertz CT molecular complexity index is 392. The molecular weight excluding hydrogens is 268 g/mol. The summed E-state index contributed by atoms with van der Waals surface area (Å²) in [4.78, 5) is 4.42. The Hall–Kier alpha value is -0.870. The van der Waals surface area contributed by atoms with Crippen molar-refractivity contribution in [1.29, 1.82) is 0 Å². The third kappa shape index (κ3) is 2.62. The lowest BCUT2D eigenvalue weighted by Gasteiger charge is -2.11. The quantitative estimate of drug-likeness (QED) is 0.922. The second kappa shape index (κ2) is 5.46. The summed E-state index contributed by atoms with van der Waals surface area (Å²) in [7, 11) is 0. The summed E-state index contributed by atoms with van der Waals surface area (Å²) in [5.74, 6) is 0.745. The fraction of sp³-hybridized carbons (Fsp3) is 0.417. The Morgan fingerprint density at radius 2 is 2.25 bits per heavy atom. The van der Waals surface area contributed by atoms with Crippen molar-refractivity contribution < 1.29 is 4.74 Å². The fourth-order valence-electron chi connectivity index (χ4n) is 1.70. The van der Waals surface area contributed by atoms with Crippen LogP contribution >= 0.6 is 15.9 Å². The molecule has 0 saturated heterocycles. The monoisotopic (exact) mass is 282 g/mol. The topological polar surface area (TPSA) is 47.6 Å². The van der Waals surface area contributed by atoms with Crippen LogP contribution in [0.4, 0.5) is 0 Å². The van der Waals surface area contributed by atoms with Gasteiger partial charge in [-0.05, 0) is 47.4 Å². The number of benzene rings is 1. The van der Waals surface area contributed by atoms with Gasteiger partial charge in [-0.3, -0.25) is 0 Å². The van der Waals surface area contributed by atoms with Crippen molar-refractivity contribution >= 4 is 21.8 Å². The molecule has 1 aromatic rings. The van der Waals surface area contributed by atoms with Crippen molar-refractivity contribution in [1.82, 2.24) is 0 Å². The van der Waals surface area contributed by atoms with Gasteiger partial charge in [-0.15, -0.1) is 0 Å². The number of nitrogens with zero attached hydrogens (tertiary/aromatic N) is 1. The highest BCUT2D eigenvalue weighted by molar-refractivity contribution is 9.10. The van der Waals surface area contributed by atoms with E-state index >= 15 is 0 Å². The van der Waals surface area contributed by atoms with E-state index in [4.69, 9.17) is 10.5 Å². The first-order chi connectivity index (χ1) is 7.81. The van der Waals surface area contributed by atoms with Crippen LogP contribution in [0, 0.1) is 0 Å². The largest absolute Gasteiger partial charge is 0.472 e. The average molecular weight is 283 g/mol. The SMILES string of the molecule is NCCCC1CN=C(c2ccccc2Br)O1. The predicted octanol–water partition coefficient (Wildman–Crippen LogP) is 2.33. The molecule has 0 saturated carbocycles. The van der Waals surface area contributed by atoms with Gasteiger partial charge in [-0.2, -0.15) is 0 Å². The van der Waals surface area contributed by atoms with Gasteiger partial charge in [0.25, 0.3) is 0 Å². The fourth-order valence-corrected chi connectivity index (χ4v) is 2.15. The van der Waals surface area contributed by atoms with Crippen molar-refractivity contribution in [2.45, 2.75) is 18.9 Å². The summed E-state index contributed by atoms with van der Waals surface area (Å²) >= 11 is 3.50. The number of hydrogen-bond donors (Lipinski definition) is 1. The summed E-state index contributed by atoms with van der Waals surface area (Å²) in [5, 5.41) is 0. The lowest BCUT2D eigenvalue weighted by atomic mass is 10.2. The molecule has 1 aliphatic heterocycles. The van der Waals surface area contributed by atoms with Gasteiger partial charge in [0, 0.05) is 4.47 Å². The Balaban J connectivity index is 2.01. The number of hydrogen-bond acceptors (Lipinski definition) is 3. The first-order valence-corrected chi connectivity index (χ1v) is 6.26. The number of nitrogens with two attached hydrogens (primary N) is 1. The molecule has 1 aromatic carbocycles. The Kier molecular flexibility index (Phi) is 3.96. The summed E-state index contributed by atoms with van der Waals surface area (Å²) in [5.41, 5.74) is 6.50. The molecule has 86 valence electrons. The normalized spacial score (nSPS) is 19.4. The Labute approximate surface area is 104 Å². The molecule has 1 aliphatic rings. The molecule has 0 aromatic heterocycles. The number of ether oxygens (including phenoxy) is 1. The molecule has 4 heteroatoms. The van der Waals surface area contributed by atoms with Crippen LogP contribution in [0.15, 0.2) is 33.7 Å². The molecule has 0 amide bonds. The standard InChI is InChI=1S/C12H15BrN2O/c13-11-6-2-1-5-10(11)12-15-8-9(16-12)4-3-7-14/h1-2,5-6,9H,3-4,7-8,14H2. The summed E-state index contributed by atoms with van der Waals surface area (Å²) in [6.45, 7) is 1.46. The van der Waals surface area contributed by atoms with Gasteiger partial charge in [-0.25, -0.2) is 4.99 Å². The van der Waals surface area contributed by atoms with Crippen LogP contribution in [0.1, 0.15) is 18.4 Å². The van der Waals surface area contributed by atoms with Gasteiger partial charge < -0.3 is 10.5 Å². The molecule has 2 N–H and O–H groups in total. The van der Waals surface area contributed by atoms with Gasteiger partial charge in [0.1, 0.15) is 6.10 Å².